The molecule has 0 spiro atoms. The second-order valence-electron chi connectivity index (χ2n) is 9.56. The van der Waals surface area contributed by atoms with Gasteiger partial charge in [0, 0.05) is 55.4 Å². The Bertz CT molecular complexity index is 961. The van der Waals surface area contributed by atoms with Crippen molar-refractivity contribution in [1.82, 2.24) is 20.1 Å². The summed E-state index contributed by atoms with van der Waals surface area (Å²) in [6, 6.07) is 8.64. The maximum Gasteiger partial charge on any atom is 0.276 e. The van der Waals surface area contributed by atoms with Gasteiger partial charge in [0.15, 0.2) is 10.2 Å². The molecule has 2 aromatic rings. The van der Waals surface area contributed by atoms with E-state index in [1.165, 1.54) is 10.9 Å². The zero-order valence-corrected chi connectivity index (χ0v) is 21.1. The molecule has 0 saturated carbocycles. The van der Waals surface area contributed by atoms with Crippen LogP contribution >= 0.6 is 11.8 Å². The fourth-order valence-electron chi connectivity index (χ4n) is 4.23. The third-order valence-corrected chi connectivity index (χ3v) is 7.15. The van der Waals surface area contributed by atoms with Gasteiger partial charge in [-0.15, -0.1) is 0 Å². The van der Waals surface area contributed by atoms with Crippen LogP contribution in [0.15, 0.2) is 30.5 Å². The average molecular weight is 471 g/mol. The Labute approximate surface area is 201 Å². The minimum absolute atomic E-state index is 0.0520. The molecule has 1 saturated heterocycles. The molecule has 0 bridgehead atoms. The molecule has 1 aromatic heterocycles. The second-order valence-corrected chi connectivity index (χ2v) is 10.6. The summed E-state index contributed by atoms with van der Waals surface area (Å²) in [5.74, 6) is 0.151. The van der Waals surface area contributed by atoms with Gasteiger partial charge in [-0.1, -0.05) is 32.0 Å². The standard InChI is InChI=1S/C25H38N6OS/c1-17(2)9-10-20(15-19-16-28-22-8-6-5-7-21(19)22)29-24(32)23(26)33-25(27)31-13-11-30(12-14-31)18(3)4/h5-8,16-18,20,26-28H,9-15H2,1-4H3,(H,29,32). The van der Waals surface area contributed by atoms with Crippen molar-refractivity contribution in [3.05, 3.63) is 36.0 Å². The van der Waals surface area contributed by atoms with E-state index in [0.29, 0.717) is 12.0 Å². The van der Waals surface area contributed by atoms with Gasteiger partial charge in [-0.2, -0.15) is 0 Å². The topological polar surface area (TPSA) is 99.1 Å². The van der Waals surface area contributed by atoms with Crippen molar-refractivity contribution in [3.63, 3.8) is 0 Å². The van der Waals surface area contributed by atoms with Gasteiger partial charge in [-0.25, -0.2) is 0 Å². The molecule has 1 aliphatic rings. The summed E-state index contributed by atoms with van der Waals surface area (Å²) in [6.07, 6.45) is 4.60. The van der Waals surface area contributed by atoms with E-state index in [0.717, 1.165) is 62.7 Å². The number of carbonyl (C=O) groups excluding carboxylic acids is 1. The maximum absolute atomic E-state index is 12.9. The van der Waals surface area contributed by atoms with E-state index in [9.17, 15) is 4.79 Å². The molecule has 1 fully saturated rings. The molecule has 7 nitrogen and oxygen atoms in total. The average Bonchev–Trinajstić information content (AvgIpc) is 3.20. The maximum atomic E-state index is 12.9. The van der Waals surface area contributed by atoms with Crippen molar-refractivity contribution in [2.24, 2.45) is 5.92 Å². The highest BCUT2D eigenvalue weighted by molar-refractivity contribution is 8.27. The third kappa shape index (κ3) is 7.08. The van der Waals surface area contributed by atoms with E-state index in [2.05, 4.69) is 55.0 Å². The molecule has 33 heavy (non-hydrogen) atoms. The van der Waals surface area contributed by atoms with Crippen LogP contribution in [-0.2, 0) is 11.2 Å². The summed E-state index contributed by atoms with van der Waals surface area (Å²) < 4.78 is 0. The molecule has 4 N–H and O–H groups in total. The van der Waals surface area contributed by atoms with Gasteiger partial charge in [-0.3, -0.25) is 20.5 Å². The number of benzene rings is 1. The number of nitrogens with zero attached hydrogens (tertiary/aromatic N) is 2. The number of fused-ring (bicyclic) bond motifs is 1. The first-order valence-electron chi connectivity index (χ1n) is 11.9. The summed E-state index contributed by atoms with van der Waals surface area (Å²) in [4.78, 5) is 20.5. The number of rotatable bonds is 7. The summed E-state index contributed by atoms with van der Waals surface area (Å²) in [6.45, 7) is 12.1. The molecule has 1 aromatic carbocycles. The molecule has 180 valence electrons. The number of aromatic nitrogens is 1. The van der Waals surface area contributed by atoms with Crippen LogP contribution in [0.3, 0.4) is 0 Å². The van der Waals surface area contributed by atoms with E-state index in [4.69, 9.17) is 10.8 Å². The van der Waals surface area contributed by atoms with Gasteiger partial charge in [0.05, 0.1) is 0 Å². The number of carbonyl (C=O) groups is 1. The molecular formula is C25H38N6OS. The summed E-state index contributed by atoms with van der Waals surface area (Å²) >= 11 is 0.957. The number of piperazine rings is 1. The van der Waals surface area contributed by atoms with E-state index in [-0.39, 0.29) is 22.2 Å². The largest absolute Gasteiger partial charge is 0.361 e. The lowest BCUT2D eigenvalue weighted by molar-refractivity contribution is -0.115. The van der Waals surface area contributed by atoms with E-state index < -0.39 is 0 Å². The molecule has 0 radical (unpaired) electrons. The van der Waals surface area contributed by atoms with Crippen LogP contribution in [0, 0.1) is 16.7 Å². The number of hydrogen-bond donors (Lipinski definition) is 4. The molecular weight excluding hydrogens is 432 g/mol. The highest BCUT2D eigenvalue weighted by atomic mass is 32.2. The van der Waals surface area contributed by atoms with Crippen LogP contribution in [0.4, 0.5) is 0 Å². The first-order chi connectivity index (χ1) is 15.7. The fraction of sp³-hybridized carbons (Fsp3) is 0.560. The van der Waals surface area contributed by atoms with E-state index >= 15 is 0 Å². The molecule has 0 aliphatic carbocycles. The molecule has 3 rings (SSSR count). The number of para-hydroxylation sites is 1. The third-order valence-electron chi connectivity index (χ3n) is 6.31. The van der Waals surface area contributed by atoms with Crippen LogP contribution < -0.4 is 5.32 Å². The smallest absolute Gasteiger partial charge is 0.276 e. The Morgan fingerprint density at radius 2 is 1.79 bits per heavy atom. The quantitative estimate of drug-likeness (QED) is 0.358. The van der Waals surface area contributed by atoms with Gasteiger partial charge in [0.2, 0.25) is 0 Å². The van der Waals surface area contributed by atoms with Crippen LogP contribution in [0.1, 0.15) is 46.1 Å². The summed E-state index contributed by atoms with van der Waals surface area (Å²) in [5.41, 5.74) is 2.27. The van der Waals surface area contributed by atoms with Gasteiger partial charge >= 0.3 is 0 Å². The number of hydrogen-bond acceptors (Lipinski definition) is 5. The molecule has 1 atom stereocenters. The van der Waals surface area contributed by atoms with Gasteiger partial charge in [-0.05, 0) is 62.4 Å². The Morgan fingerprint density at radius 3 is 2.45 bits per heavy atom. The summed E-state index contributed by atoms with van der Waals surface area (Å²) in [7, 11) is 0. The minimum atomic E-state index is -0.390. The highest BCUT2D eigenvalue weighted by Gasteiger charge is 2.24. The van der Waals surface area contributed by atoms with Crippen molar-refractivity contribution < 1.29 is 4.79 Å². The first-order valence-corrected chi connectivity index (χ1v) is 12.8. The molecule has 2 heterocycles. The van der Waals surface area contributed by atoms with E-state index in [1.807, 2.05) is 23.2 Å². The molecule has 1 amide bonds. The van der Waals surface area contributed by atoms with Crippen LogP contribution in [0.2, 0.25) is 0 Å². The Kier molecular flexibility index (Phi) is 8.97. The molecule has 8 heteroatoms. The Morgan fingerprint density at radius 1 is 1.09 bits per heavy atom. The normalized spacial score (nSPS) is 15.9. The number of amides is 1. The van der Waals surface area contributed by atoms with Crippen LogP contribution in [-0.4, -0.2) is 69.2 Å². The number of aromatic amines is 1. The SMILES string of the molecule is CC(C)CCC(Cc1c[nH]c2ccccc12)NC(=O)C(=N)SC(=N)N1CCN(C(C)C)CC1. The van der Waals surface area contributed by atoms with E-state index in [1.54, 1.807) is 0 Å². The lowest BCUT2D eigenvalue weighted by atomic mass is 9.97. The number of amidine groups is 1. The molecule has 1 aliphatic heterocycles. The number of H-pyrrole nitrogens is 1. The van der Waals surface area contributed by atoms with Crippen LogP contribution in [0.25, 0.3) is 10.9 Å². The highest BCUT2D eigenvalue weighted by Crippen LogP contribution is 2.21. The molecule has 1 unspecified atom stereocenters. The Balaban J connectivity index is 1.58. The number of nitrogens with one attached hydrogen (secondary N) is 4. The summed E-state index contributed by atoms with van der Waals surface area (Å²) in [5, 5.41) is 21.1. The predicted octanol–water partition coefficient (Wildman–Crippen LogP) is 4.30. The van der Waals surface area contributed by atoms with Gasteiger partial charge in [0.25, 0.3) is 5.91 Å². The number of thioether (sulfide) groups is 1. The lowest BCUT2D eigenvalue weighted by Gasteiger charge is -2.37. The van der Waals surface area contributed by atoms with Gasteiger partial charge < -0.3 is 15.2 Å². The van der Waals surface area contributed by atoms with Crippen molar-refractivity contribution in [1.29, 1.82) is 10.8 Å². The monoisotopic (exact) mass is 470 g/mol. The second kappa shape index (κ2) is 11.7. The van der Waals surface area contributed by atoms with Crippen molar-refractivity contribution in [2.45, 2.75) is 59.0 Å². The predicted molar refractivity (Wildman–Crippen MR) is 139 cm³/mol. The fourth-order valence-corrected chi connectivity index (χ4v) is 4.88. The van der Waals surface area contributed by atoms with Crippen molar-refractivity contribution in [3.8, 4) is 0 Å². The van der Waals surface area contributed by atoms with Crippen molar-refractivity contribution in [2.75, 3.05) is 26.2 Å². The zero-order valence-electron chi connectivity index (χ0n) is 20.3. The lowest BCUT2D eigenvalue weighted by Crippen LogP contribution is -2.50. The first kappa shape index (κ1) is 25.3. The zero-order chi connectivity index (χ0) is 24.0. The van der Waals surface area contributed by atoms with Gasteiger partial charge in [0.1, 0.15) is 0 Å². The van der Waals surface area contributed by atoms with Crippen molar-refractivity contribution >= 4 is 38.8 Å². The Hall–Kier alpha value is -2.32. The minimum Gasteiger partial charge on any atom is -0.361 e. The van der Waals surface area contributed by atoms with Crippen LogP contribution in [0.5, 0.6) is 0 Å².